The van der Waals surface area contributed by atoms with Crippen molar-refractivity contribution in [3.8, 4) is 5.75 Å². The lowest BCUT2D eigenvalue weighted by Crippen LogP contribution is -2.47. The van der Waals surface area contributed by atoms with Crippen molar-refractivity contribution in [3.05, 3.63) is 59.2 Å². The lowest BCUT2D eigenvalue weighted by Gasteiger charge is -2.42. The third-order valence-corrected chi connectivity index (χ3v) is 11.4. The molecule has 1 unspecified atom stereocenters. The van der Waals surface area contributed by atoms with Gasteiger partial charge >= 0.3 is 0 Å². The molecule has 0 radical (unpaired) electrons. The van der Waals surface area contributed by atoms with E-state index in [1.807, 2.05) is 0 Å². The number of nitrogens with zero attached hydrogens (tertiary/aromatic N) is 2. The minimum Gasteiger partial charge on any atom is -0.497 e. The van der Waals surface area contributed by atoms with E-state index in [1.165, 1.54) is 55.7 Å². The smallest absolute Gasteiger partial charge is 0.246 e. The fourth-order valence-electron chi connectivity index (χ4n) is 6.91. The minimum absolute atomic E-state index is 0.0676. The van der Waals surface area contributed by atoms with Gasteiger partial charge < -0.3 is 19.7 Å². The van der Waals surface area contributed by atoms with Gasteiger partial charge in [-0.25, -0.2) is 8.42 Å². The summed E-state index contributed by atoms with van der Waals surface area (Å²) in [5, 5.41) is 3.16. The number of likely N-dealkylation sites (N-methyl/N-ethyl adjacent to an activating group) is 1. The molecule has 0 bridgehead atoms. The molecule has 43 heavy (non-hydrogen) atoms. The summed E-state index contributed by atoms with van der Waals surface area (Å²) in [6.45, 7) is 6.19. The lowest BCUT2D eigenvalue weighted by atomic mass is 9.78. The first-order chi connectivity index (χ1) is 20.7. The highest BCUT2D eigenvalue weighted by atomic mass is 32.2. The molecule has 2 aliphatic rings. The van der Waals surface area contributed by atoms with Crippen molar-refractivity contribution in [3.63, 3.8) is 0 Å². The van der Waals surface area contributed by atoms with Crippen LogP contribution in [0.25, 0.3) is 0 Å². The van der Waals surface area contributed by atoms with Gasteiger partial charge in [0.25, 0.3) is 0 Å². The van der Waals surface area contributed by atoms with Crippen LogP contribution in [0.1, 0.15) is 68.1 Å². The SMILES string of the molecule is COc1cc(C)c(S(=O)(=O)N(C)CCOCC(=O)NC2CCC(C(CCc3ccccc3)N3CCCCC3)CC2)c(C)c1. The Hall–Kier alpha value is -2.46. The maximum absolute atomic E-state index is 13.2. The number of carbonyl (C=O) groups excluding carboxylic acids is 1. The van der Waals surface area contributed by atoms with E-state index in [0.717, 1.165) is 32.1 Å². The van der Waals surface area contributed by atoms with Crippen LogP contribution >= 0.6 is 0 Å². The summed E-state index contributed by atoms with van der Waals surface area (Å²) in [6, 6.07) is 15.1. The summed E-state index contributed by atoms with van der Waals surface area (Å²) in [7, 11) is -0.594. The molecule has 1 amide bonds. The van der Waals surface area contributed by atoms with Crippen LogP contribution in [-0.4, -0.2) is 82.6 Å². The molecule has 2 aromatic rings. The van der Waals surface area contributed by atoms with Crippen molar-refractivity contribution in [1.82, 2.24) is 14.5 Å². The first-order valence-electron chi connectivity index (χ1n) is 16.0. The molecule has 4 rings (SSSR count). The molecule has 1 saturated heterocycles. The first kappa shape index (κ1) is 33.4. The van der Waals surface area contributed by atoms with E-state index < -0.39 is 10.0 Å². The third kappa shape index (κ3) is 9.27. The molecule has 0 aromatic heterocycles. The predicted octanol–water partition coefficient (Wildman–Crippen LogP) is 5.11. The topological polar surface area (TPSA) is 88.2 Å². The molecule has 2 fully saturated rings. The number of benzene rings is 2. The van der Waals surface area contributed by atoms with Gasteiger partial charge in [-0.2, -0.15) is 4.31 Å². The van der Waals surface area contributed by atoms with E-state index in [-0.39, 0.29) is 36.6 Å². The number of hydrogen-bond acceptors (Lipinski definition) is 6. The van der Waals surface area contributed by atoms with Crippen LogP contribution in [0.5, 0.6) is 5.75 Å². The van der Waals surface area contributed by atoms with Crippen molar-refractivity contribution < 1.29 is 22.7 Å². The maximum Gasteiger partial charge on any atom is 0.246 e. The molecular weight excluding hydrogens is 562 g/mol. The second-order valence-corrected chi connectivity index (χ2v) is 14.3. The number of amides is 1. The van der Waals surface area contributed by atoms with Crippen molar-refractivity contribution in [2.45, 2.75) is 88.6 Å². The molecule has 1 N–H and O–H groups in total. The largest absolute Gasteiger partial charge is 0.497 e. The summed E-state index contributed by atoms with van der Waals surface area (Å²) in [5.41, 5.74) is 2.69. The minimum atomic E-state index is -3.70. The van der Waals surface area contributed by atoms with E-state index >= 15 is 0 Å². The Balaban J connectivity index is 1.20. The Morgan fingerprint density at radius 1 is 1.02 bits per heavy atom. The van der Waals surface area contributed by atoms with Gasteiger partial charge in [-0.15, -0.1) is 0 Å². The van der Waals surface area contributed by atoms with Crippen molar-refractivity contribution in [2.75, 3.05) is 47.0 Å². The van der Waals surface area contributed by atoms with Gasteiger partial charge in [0, 0.05) is 25.7 Å². The molecule has 8 nitrogen and oxygen atoms in total. The molecule has 9 heteroatoms. The zero-order valence-corrected chi connectivity index (χ0v) is 27.3. The van der Waals surface area contributed by atoms with Crippen molar-refractivity contribution in [2.24, 2.45) is 5.92 Å². The molecule has 1 heterocycles. The molecule has 1 saturated carbocycles. The van der Waals surface area contributed by atoms with Crippen LogP contribution in [0.3, 0.4) is 0 Å². The molecule has 238 valence electrons. The Bertz CT molecular complexity index is 1250. The summed E-state index contributed by atoms with van der Waals surface area (Å²) < 4.78 is 38.5. The Morgan fingerprint density at radius 2 is 1.67 bits per heavy atom. The summed E-state index contributed by atoms with van der Waals surface area (Å²) in [5.74, 6) is 1.17. The fraction of sp³-hybridized carbons (Fsp3) is 0.618. The van der Waals surface area contributed by atoms with Gasteiger partial charge in [-0.05, 0) is 113 Å². The van der Waals surface area contributed by atoms with Crippen LogP contribution in [0.4, 0.5) is 0 Å². The van der Waals surface area contributed by atoms with Gasteiger partial charge in [0.1, 0.15) is 12.4 Å². The number of ether oxygens (including phenoxy) is 2. The number of sulfonamides is 1. The van der Waals surface area contributed by atoms with Crippen molar-refractivity contribution >= 4 is 15.9 Å². The van der Waals surface area contributed by atoms with Crippen LogP contribution < -0.4 is 10.1 Å². The third-order valence-electron chi connectivity index (χ3n) is 9.23. The number of piperidine rings is 1. The predicted molar refractivity (Wildman–Crippen MR) is 171 cm³/mol. The second kappa shape index (κ2) is 16.0. The number of likely N-dealkylation sites (tertiary alicyclic amines) is 1. The summed E-state index contributed by atoms with van der Waals surface area (Å²) >= 11 is 0. The van der Waals surface area contributed by atoms with Crippen LogP contribution in [0, 0.1) is 19.8 Å². The van der Waals surface area contributed by atoms with E-state index in [0.29, 0.717) is 28.8 Å². The highest BCUT2D eigenvalue weighted by molar-refractivity contribution is 7.89. The highest BCUT2D eigenvalue weighted by Gasteiger charge is 2.32. The normalized spacial score (nSPS) is 20.6. The molecule has 0 spiro atoms. The van der Waals surface area contributed by atoms with Gasteiger partial charge in [-0.3, -0.25) is 4.79 Å². The van der Waals surface area contributed by atoms with E-state index in [4.69, 9.17) is 9.47 Å². The van der Waals surface area contributed by atoms with E-state index in [2.05, 4.69) is 40.5 Å². The number of rotatable bonds is 14. The number of methoxy groups -OCH3 is 1. The van der Waals surface area contributed by atoms with Gasteiger partial charge in [0.05, 0.1) is 18.6 Å². The van der Waals surface area contributed by atoms with Crippen LogP contribution in [0.2, 0.25) is 0 Å². The van der Waals surface area contributed by atoms with Crippen LogP contribution in [0.15, 0.2) is 47.4 Å². The fourth-order valence-corrected chi connectivity index (χ4v) is 8.47. The average Bonchev–Trinajstić information content (AvgIpc) is 3.00. The molecule has 1 aliphatic carbocycles. The van der Waals surface area contributed by atoms with E-state index in [9.17, 15) is 13.2 Å². The molecule has 2 aromatic carbocycles. The number of carbonyl (C=O) groups is 1. The lowest BCUT2D eigenvalue weighted by molar-refractivity contribution is -0.126. The molecule has 1 aliphatic heterocycles. The van der Waals surface area contributed by atoms with Gasteiger partial charge in [-0.1, -0.05) is 36.8 Å². The van der Waals surface area contributed by atoms with Gasteiger partial charge in [0.2, 0.25) is 15.9 Å². The van der Waals surface area contributed by atoms with Gasteiger partial charge in [0.15, 0.2) is 0 Å². The maximum atomic E-state index is 13.2. The van der Waals surface area contributed by atoms with Crippen molar-refractivity contribution in [1.29, 1.82) is 0 Å². The number of hydrogen-bond donors (Lipinski definition) is 1. The number of aryl methyl sites for hydroxylation is 3. The zero-order chi connectivity index (χ0) is 30.8. The monoisotopic (exact) mass is 613 g/mol. The summed E-state index contributed by atoms with van der Waals surface area (Å²) in [4.78, 5) is 15.7. The highest BCUT2D eigenvalue weighted by Crippen LogP contribution is 2.33. The summed E-state index contributed by atoms with van der Waals surface area (Å²) in [6.07, 6.45) is 10.5. The second-order valence-electron chi connectivity index (χ2n) is 12.3. The Labute approximate surface area is 259 Å². The quantitative estimate of drug-likeness (QED) is 0.298. The standard InChI is InChI=1S/C34H51N3O5S/c1-26-23-31(41-4)24-27(2)34(26)43(39,40)36(3)21-22-42-25-33(38)35-30-16-14-29(15-17-30)32(37-19-9-6-10-20-37)18-13-28-11-7-5-8-12-28/h5,7-8,11-12,23-24,29-30,32H,6,9-10,13-22,25H2,1-4H3,(H,35,38). The van der Waals surface area contributed by atoms with Crippen LogP contribution in [-0.2, 0) is 26.0 Å². The Morgan fingerprint density at radius 3 is 2.30 bits per heavy atom. The average molecular weight is 614 g/mol. The molecule has 1 atom stereocenters. The van der Waals surface area contributed by atoms with E-state index in [1.54, 1.807) is 33.1 Å². The first-order valence-corrected chi connectivity index (χ1v) is 17.4. The Kier molecular flexibility index (Phi) is 12.5. The molecular formula is C34H51N3O5S. The zero-order valence-electron chi connectivity index (χ0n) is 26.5. The number of nitrogens with one attached hydrogen (secondary N) is 1.